The normalized spacial score (nSPS) is 10.8. The summed E-state index contributed by atoms with van der Waals surface area (Å²) in [4.78, 5) is 26.9. The van der Waals surface area contributed by atoms with E-state index in [2.05, 4.69) is 53.4 Å². The van der Waals surface area contributed by atoms with Gasteiger partial charge < -0.3 is 19.7 Å². The van der Waals surface area contributed by atoms with E-state index in [0.29, 0.717) is 6.42 Å². The molecule has 212 valence electrons. The minimum absolute atomic E-state index is 0. The van der Waals surface area contributed by atoms with Crippen molar-refractivity contribution in [3.05, 3.63) is 71.8 Å². The van der Waals surface area contributed by atoms with Crippen LogP contribution in [0.5, 0.6) is 0 Å². The molecule has 0 N–H and O–H groups in total. The summed E-state index contributed by atoms with van der Waals surface area (Å²) in [7, 11) is 0. The van der Waals surface area contributed by atoms with Gasteiger partial charge in [-0.25, -0.2) is 14.5 Å². The van der Waals surface area contributed by atoms with Gasteiger partial charge in [0.25, 0.3) is 0 Å². The van der Waals surface area contributed by atoms with Crippen molar-refractivity contribution in [2.45, 2.75) is 78.7 Å². The number of rotatable bonds is 10. The van der Waals surface area contributed by atoms with Crippen LogP contribution in [0.1, 0.15) is 65.5 Å². The van der Waals surface area contributed by atoms with Crippen LogP contribution in [-0.4, -0.2) is 59.5 Å². The fraction of sp³-hybridized carbons (Fsp3) is 0.533. The van der Waals surface area contributed by atoms with Gasteiger partial charge >= 0.3 is 115 Å². The summed E-state index contributed by atoms with van der Waals surface area (Å²) in [6, 6.07) is 20.8. The minimum atomic E-state index is -0.796. The van der Waals surface area contributed by atoms with Gasteiger partial charge in [-0.3, -0.25) is 4.90 Å². The molecule has 40 heavy (non-hydrogen) atoms. The third-order valence-electron chi connectivity index (χ3n) is 4.87. The van der Waals surface area contributed by atoms with Crippen LogP contribution in [0.3, 0.4) is 0 Å². The average Bonchev–Trinajstić information content (AvgIpc) is 2.82. The molecular formula is C30H44K2N2O6. The number of nitrogens with zero attached hydrogens (tertiary/aromatic N) is 2. The first kappa shape index (κ1) is 42.5. The Kier molecular flexibility index (Phi) is 24.2. The molecule has 0 spiro atoms. The first-order valence-electron chi connectivity index (χ1n) is 13.0. The maximum atomic E-state index is 11.9. The molecule has 0 saturated heterocycles. The summed E-state index contributed by atoms with van der Waals surface area (Å²) in [5, 5.41) is 21.2. The SMILES string of the molecule is CC(C)(C)OC(=O)N(CCC[O-])C(=O)OC(C)(C)C.[K+].[K+].[O-]CCCN(Cc1ccccc1)Cc1ccccc1. The number of hydrogen-bond donors (Lipinski definition) is 0. The van der Waals surface area contributed by atoms with Gasteiger partial charge in [0.1, 0.15) is 11.2 Å². The van der Waals surface area contributed by atoms with Crippen LogP contribution < -0.4 is 113 Å². The fourth-order valence-electron chi connectivity index (χ4n) is 3.30. The maximum absolute atomic E-state index is 11.9. The minimum Gasteiger partial charge on any atom is -0.854 e. The summed E-state index contributed by atoms with van der Waals surface area (Å²) >= 11 is 0. The Hall–Kier alpha value is 0.333. The number of carbonyl (C=O) groups is 2. The third kappa shape index (κ3) is 21.1. The molecule has 0 radical (unpaired) electrons. The monoisotopic (exact) mass is 606 g/mol. The van der Waals surface area contributed by atoms with Crippen LogP contribution in [0.4, 0.5) is 9.59 Å². The van der Waals surface area contributed by atoms with Gasteiger partial charge in [0.15, 0.2) is 0 Å². The Morgan fingerprint density at radius 2 is 1.00 bits per heavy atom. The number of hydrogen-bond acceptors (Lipinski definition) is 7. The molecule has 2 aromatic rings. The molecule has 0 saturated carbocycles. The van der Waals surface area contributed by atoms with Gasteiger partial charge in [0.2, 0.25) is 0 Å². The van der Waals surface area contributed by atoms with Gasteiger partial charge in [0.05, 0.1) is 0 Å². The van der Waals surface area contributed by atoms with E-state index in [1.165, 1.54) is 11.1 Å². The van der Waals surface area contributed by atoms with Crippen molar-refractivity contribution >= 4 is 12.2 Å². The zero-order chi connectivity index (χ0) is 28.6. The smallest absolute Gasteiger partial charge is 0.854 e. The molecule has 0 aliphatic rings. The van der Waals surface area contributed by atoms with Gasteiger partial charge in [-0.2, -0.15) is 0 Å². The van der Waals surface area contributed by atoms with Gasteiger partial charge in [-0.1, -0.05) is 73.5 Å². The Morgan fingerprint density at radius 1 is 0.650 bits per heavy atom. The van der Waals surface area contributed by atoms with Gasteiger partial charge in [0, 0.05) is 19.6 Å². The molecule has 0 aromatic heterocycles. The number of ether oxygens (including phenoxy) is 2. The zero-order valence-electron chi connectivity index (χ0n) is 25.8. The second-order valence-corrected chi connectivity index (χ2v) is 10.9. The summed E-state index contributed by atoms with van der Waals surface area (Å²) < 4.78 is 10.2. The van der Waals surface area contributed by atoms with E-state index in [1.807, 2.05) is 12.1 Å². The number of imide groups is 1. The summed E-state index contributed by atoms with van der Waals surface area (Å²) in [5.74, 6) is 0. The Bertz CT molecular complexity index is 865. The van der Waals surface area contributed by atoms with Crippen molar-refractivity contribution in [1.82, 2.24) is 9.80 Å². The third-order valence-corrected chi connectivity index (χ3v) is 4.87. The second-order valence-electron chi connectivity index (χ2n) is 10.9. The molecule has 2 amide bonds. The van der Waals surface area contributed by atoms with E-state index < -0.39 is 23.4 Å². The molecule has 0 fully saturated rings. The second kappa shape index (κ2) is 22.8. The molecule has 0 aliphatic heterocycles. The predicted octanol–water partition coefficient (Wildman–Crippen LogP) is -1.64. The van der Waals surface area contributed by atoms with Crippen LogP contribution >= 0.6 is 0 Å². The number of carbonyl (C=O) groups excluding carboxylic acids is 2. The van der Waals surface area contributed by atoms with Gasteiger partial charge in [-0.15, -0.1) is 13.2 Å². The Labute approximate surface area is 326 Å². The summed E-state index contributed by atoms with van der Waals surface area (Å²) in [6.45, 7) is 12.5. The maximum Gasteiger partial charge on any atom is 1.00 e. The van der Waals surface area contributed by atoms with Crippen molar-refractivity contribution in [1.29, 1.82) is 0 Å². The van der Waals surface area contributed by atoms with E-state index in [9.17, 15) is 19.8 Å². The molecule has 0 atom stereocenters. The van der Waals surface area contributed by atoms with Crippen molar-refractivity contribution in [2.24, 2.45) is 0 Å². The molecule has 0 heterocycles. The number of amides is 2. The fourth-order valence-corrected chi connectivity index (χ4v) is 3.30. The van der Waals surface area contributed by atoms with Crippen LogP contribution in [0.25, 0.3) is 0 Å². The molecule has 8 nitrogen and oxygen atoms in total. The van der Waals surface area contributed by atoms with Crippen molar-refractivity contribution in [2.75, 3.05) is 26.3 Å². The first-order chi connectivity index (χ1) is 17.8. The topological polar surface area (TPSA) is 105 Å². The summed E-state index contributed by atoms with van der Waals surface area (Å²) in [5.41, 5.74) is 1.16. The molecule has 2 rings (SSSR count). The summed E-state index contributed by atoms with van der Waals surface area (Å²) in [6.07, 6.45) is -0.719. The van der Waals surface area contributed by atoms with E-state index in [0.717, 1.165) is 24.5 Å². The number of benzene rings is 2. The molecule has 0 unspecified atom stereocenters. The molecule has 0 bridgehead atoms. The zero-order valence-corrected chi connectivity index (χ0v) is 32.0. The Morgan fingerprint density at radius 3 is 1.32 bits per heavy atom. The molecule has 2 aromatic carbocycles. The van der Waals surface area contributed by atoms with E-state index in [1.54, 1.807) is 41.5 Å². The average molecular weight is 607 g/mol. The molecular weight excluding hydrogens is 563 g/mol. The standard InChI is InChI=1S/C17H20NO.C13H24NO5.2K/c19-13-7-12-18(14-16-8-3-1-4-9-16)15-17-10-5-2-6-11-17;1-12(2,3)18-10(16)14(8-7-9-15)11(17)19-13(4,5)6;;/h1-6,8-11H,7,12-15H2;7-9H2,1-6H3;;/q2*-1;2*+1. The predicted molar refractivity (Wildman–Crippen MR) is 145 cm³/mol. The van der Waals surface area contributed by atoms with E-state index >= 15 is 0 Å². The Balaban J connectivity index is 0. The van der Waals surface area contributed by atoms with Crippen molar-refractivity contribution < 1.29 is 132 Å². The molecule has 0 aliphatic carbocycles. The van der Waals surface area contributed by atoms with Crippen LogP contribution in [0.15, 0.2) is 60.7 Å². The van der Waals surface area contributed by atoms with Gasteiger partial charge in [-0.05, 0) is 59.2 Å². The quantitative estimate of drug-likeness (QED) is 0.299. The van der Waals surface area contributed by atoms with Crippen molar-refractivity contribution in [3.8, 4) is 0 Å². The van der Waals surface area contributed by atoms with E-state index in [-0.39, 0.29) is 129 Å². The van der Waals surface area contributed by atoms with Crippen LogP contribution in [-0.2, 0) is 22.6 Å². The largest absolute Gasteiger partial charge is 1.00 e. The van der Waals surface area contributed by atoms with E-state index in [4.69, 9.17) is 9.47 Å². The van der Waals surface area contributed by atoms with Crippen LogP contribution in [0, 0.1) is 0 Å². The molecule has 10 heteroatoms. The van der Waals surface area contributed by atoms with Crippen molar-refractivity contribution in [3.63, 3.8) is 0 Å². The van der Waals surface area contributed by atoms with Crippen LogP contribution in [0.2, 0.25) is 0 Å². The first-order valence-corrected chi connectivity index (χ1v) is 13.0.